The standard InChI is InChI=1S/C30H24N4O2S3/c35-28(33-29-32-23(18-38-29)20-9-2-1-3-10-20)19-37-22-12-8-11-21(17-22)31-30(36)34-24-13-4-6-15-26(24)39-27-16-7-5-14-25(27)34/h1-18,24,26H,19H2,(H,31,36)(H,32,33,35). The predicted octanol–water partition coefficient (Wildman–Crippen LogP) is 7.55. The number of benzene rings is 3. The molecule has 2 unspecified atom stereocenters. The molecule has 0 saturated heterocycles. The minimum absolute atomic E-state index is 0.0654. The molecule has 1 aliphatic heterocycles. The summed E-state index contributed by atoms with van der Waals surface area (Å²) in [6.45, 7) is 0. The summed E-state index contributed by atoms with van der Waals surface area (Å²) in [5.41, 5.74) is 3.44. The van der Waals surface area contributed by atoms with Crippen LogP contribution in [0.3, 0.4) is 0 Å². The fraction of sp³-hybridized carbons (Fsp3) is 0.100. The molecule has 1 aromatic heterocycles. The highest BCUT2D eigenvalue weighted by atomic mass is 32.2. The third-order valence-electron chi connectivity index (χ3n) is 6.24. The average molecular weight is 569 g/mol. The molecule has 0 fully saturated rings. The van der Waals surface area contributed by atoms with Crippen molar-refractivity contribution in [3.8, 4) is 11.3 Å². The molecular formula is C30H24N4O2S3. The molecule has 6 nitrogen and oxygen atoms in total. The molecular weight excluding hydrogens is 545 g/mol. The number of rotatable bonds is 6. The summed E-state index contributed by atoms with van der Waals surface area (Å²) in [7, 11) is 0. The number of amides is 3. The van der Waals surface area contributed by atoms with Crippen LogP contribution in [0.1, 0.15) is 0 Å². The van der Waals surface area contributed by atoms with Gasteiger partial charge in [0.15, 0.2) is 5.13 Å². The Hall–Kier alpha value is -3.79. The van der Waals surface area contributed by atoms with E-state index in [-0.39, 0.29) is 29.0 Å². The Morgan fingerprint density at radius 2 is 1.74 bits per heavy atom. The maximum absolute atomic E-state index is 13.5. The van der Waals surface area contributed by atoms with Crippen LogP contribution in [0, 0.1) is 0 Å². The molecule has 4 aromatic rings. The molecule has 0 bridgehead atoms. The summed E-state index contributed by atoms with van der Waals surface area (Å²) < 4.78 is 0. The molecule has 6 rings (SSSR count). The monoisotopic (exact) mass is 568 g/mol. The van der Waals surface area contributed by atoms with Crippen molar-refractivity contribution in [3.05, 3.63) is 109 Å². The number of nitrogens with one attached hydrogen (secondary N) is 2. The molecule has 9 heteroatoms. The van der Waals surface area contributed by atoms with Gasteiger partial charge in [-0.3, -0.25) is 9.69 Å². The minimum atomic E-state index is -0.185. The first kappa shape index (κ1) is 25.5. The number of fused-ring (bicyclic) bond motifs is 2. The lowest BCUT2D eigenvalue weighted by atomic mass is 10.1. The number of para-hydroxylation sites is 1. The molecule has 3 aromatic carbocycles. The van der Waals surface area contributed by atoms with Crippen LogP contribution < -0.4 is 15.5 Å². The number of thiazole rings is 1. The highest BCUT2D eigenvalue weighted by Crippen LogP contribution is 2.43. The summed E-state index contributed by atoms with van der Waals surface area (Å²) in [5.74, 6) is 0.101. The highest BCUT2D eigenvalue weighted by Gasteiger charge is 2.36. The summed E-state index contributed by atoms with van der Waals surface area (Å²) >= 11 is 4.59. The maximum atomic E-state index is 13.5. The fourth-order valence-corrected chi connectivity index (χ4v) is 7.20. The zero-order valence-electron chi connectivity index (χ0n) is 20.7. The molecule has 3 amide bonds. The van der Waals surface area contributed by atoms with Crippen molar-refractivity contribution in [3.63, 3.8) is 0 Å². The quantitative estimate of drug-likeness (QED) is 0.235. The first-order valence-electron chi connectivity index (χ1n) is 12.4. The molecule has 2 heterocycles. The molecule has 0 spiro atoms. The highest BCUT2D eigenvalue weighted by molar-refractivity contribution is 8.00. The van der Waals surface area contributed by atoms with E-state index in [9.17, 15) is 9.59 Å². The topological polar surface area (TPSA) is 74.3 Å². The van der Waals surface area contributed by atoms with Crippen LogP contribution >= 0.6 is 34.9 Å². The van der Waals surface area contributed by atoms with Crippen LogP contribution in [-0.4, -0.2) is 34.0 Å². The normalized spacial score (nSPS) is 17.3. The van der Waals surface area contributed by atoms with E-state index in [1.54, 1.807) is 11.8 Å². The van der Waals surface area contributed by atoms with E-state index >= 15 is 0 Å². The number of allylic oxidation sites excluding steroid dienone is 2. The number of carbonyl (C=O) groups excluding carboxylic acids is 2. The van der Waals surface area contributed by atoms with Gasteiger partial charge in [-0.1, -0.05) is 72.8 Å². The number of nitrogens with zero attached hydrogens (tertiary/aromatic N) is 2. The zero-order valence-corrected chi connectivity index (χ0v) is 23.1. The van der Waals surface area contributed by atoms with Crippen molar-refractivity contribution >= 4 is 63.3 Å². The zero-order chi connectivity index (χ0) is 26.6. The van der Waals surface area contributed by atoms with E-state index in [0.29, 0.717) is 10.8 Å². The van der Waals surface area contributed by atoms with Gasteiger partial charge in [0.2, 0.25) is 5.91 Å². The Morgan fingerprint density at radius 1 is 0.923 bits per heavy atom. The van der Waals surface area contributed by atoms with Crippen LogP contribution in [0.5, 0.6) is 0 Å². The van der Waals surface area contributed by atoms with Gasteiger partial charge in [0.25, 0.3) is 0 Å². The minimum Gasteiger partial charge on any atom is -0.307 e. The van der Waals surface area contributed by atoms with E-state index in [1.165, 1.54) is 23.1 Å². The molecule has 2 atom stereocenters. The lowest BCUT2D eigenvalue weighted by Gasteiger charge is -2.40. The molecule has 39 heavy (non-hydrogen) atoms. The Morgan fingerprint density at radius 3 is 2.64 bits per heavy atom. The Balaban J connectivity index is 1.09. The van der Waals surface area contributed by atoms with Crippen LogP contribution in [0.25, 0.3) is 11.3 Å². The maximum Gasteiger partial charge on any atom is 0.326 e. The summed E-state index contributed by atoms with van der Waals surface area (Å²) in [6.07, 6.45) is 8.24. The van der Waals surface area contributed by atoms with Gasteiger partial charge in [0.05, 0.1) is 28.4 Å². The SMILES string of the molecule is O=C(CSc1cccc(NC(=O)N2c3ccccc3SC3C=CC=CC32)c1)Nc1nc(-c2ccccc2)cs1. The van der Waals surface area contributed by atoms with Crippen LogP contribution in [0.15, 0.2) is 118 Å². The first-order valence-corrected chi connectivity index (χ1v) is 15.1. The third kappa shape index (κ3) is 5.80. The molecule has 2 N–H and O–H groups in total. The average Bonchev–Trinajstić information content (AvgIpc) is 3.44. The van der Waals surface area contributed by atoms with Gasteiger partial charge in [-0.05, 0) is 30.3 Å². The van der Waals surface area contributed by atoms with Crippen LogP contribution in [-0.2, 0) is 4.79 Å². The van der Waals surface area contributed by atoms with Crippen molar-refractivity contribution in [1.29, 1.82) is 0 Å². The van der Waals surface area contributed by atoms with Crippen molar-refractivity contribution in [2.45, 2.75) is 21.1 Å². The van der Waals surface area contributed by atoms with E-state index < -0.39 is 0 Å². The third-order valence-corrected chi connectivity index (χ3v) is 9.30. The smallest absolute Gasteiger partial charge is 0.307 e. The fourth-order valence-electron chi connectivity index (χ4n) is 4.45. The molecule has 0 saturated carbocycles. The van der Waals surface area contributed by atoms with Crippen LogP contribution in [0.4, 0.5) is 21.3 Å². The predicted molar refractivity (Wildman–Crippen MR) is 163 cm³/mol. The van der Waals surface area contributed by atoms with Crippen molar-refractivity contribution in [2.24, 2.45) is 0 Å². The second-order valence-corrected chi connectivity index (χ2v) is 12.0. The number of urea groups is 1. The summed E-state index contributed by atoms with van der Waals surface area (Å²) in [5, 5.41) is 8.63. The number of thioether (sulfide) groups is 2. The Labute approximate surface area is 239 Å². The van der Waals surface area contributed by atoms with E-state index in [4.69, 9.17) is 0 Å². The lowest BCUT2D eigenvalue weighted by Crippen LogP contribution is -2.49. The van der Waals surface area contributed by atoms with Gasteiger partial charge < -0.3 is 10.6 Å². The second-order valence-electron chi connectivity index (χ2n) is 8.88. The largest absolute Gasteiger partial charge is 0.326 e. The molecule has 2 aliphatic rings. The van der Waals surface area contributed by atoms with Crippen molar-refractivity contribution < 1.29 is 9.59 Å². The van der Waals surface area contributed by atoms with Gasteiger partial charge in [-0.25, -0.2) is 9.78 Å². The second kappa shape index (κ2) is 11.5. The van der Waals surface area contributed by atoms with Crippen LogP contribution in [0.2, 0.25) is 0 Å². The van der Waals surface area contributed by atoms with Gasteiger partial charge >= 0.3 is 6.03 Å². The Bertz CT molecular complexity index is 1570. The van der Waals surface area contributed by atoms with Gasteiger partial charge in [-0.15, -0.1) is 34.9 Å². The molecule has 1 aliphatic carbocycles. The molecule has 0 radical (unpaired) electrons. The number of hydrogen-bond donors (Lipinski definition) is 2. The van der Waals surface area contributed by atoms with Crippen molar-refractivity contribution in [1.82, 2.24) is 4.98 Å². The van der Waals surface area contributed by atoms with E-state index in [0.717, 1.165) is 26.7 Å². The van der Waals surface area contributed by atoms with Gasteiger partial charge in [0.1, 0.15) is 0 Å². The van der Waals surface area contributed by atoms with E-state index in [1.807, 2.05) is 95.2 Å². The number of hydrogen-bond acceptors (Lipinski definition) is 6. The number of carbonyl (C=O) groups is 2. The van der Waals surface area contributed by atoms with Gasteiger partial charge in [0, 0.05) is 26.4 Å². The number of anilines is 3. The summed E-state index contributed by atoms with van der Waals surface area (Å²) in [4.78, 5) is 34.5. The van der Waals surface area contributed by atoms with Crippen molar-refractivity contribution in [2.75, 3.05) is 21.3 Å². The van der Waals surface area contributed by atoms with E-state index in [2.05, 4.69) is 33.8 Å². The number of aromatic nitrogens is 1. The Kier molecular flexibility index (Phi) is 7.53. The molecule has 194 valence electrons. The summed E-state index contributed by atoms with van der Waals surface area (Å²) in [6, 6.07) is 25.2. The lowest BCUT2D eigenvalue weighted by molar-refractivity contribution is -0.113. The van der Waals surface area contributed by atoms with Gasteiger partial charge in [-0.2, -0.15) is 0 Å². The first-order chi connectivity index (χ1) is 19.1.